The highest BCUT2D eigenvalue weighted by Crippen LogP contribution is 2.21. The molecule has 1 heterocycles. The second kappa shape index (κ2) is 4.41. The molecule has 0 fully saturated rings. The Balaban J connectivity index is 2.46. The smallest absolute Gasteiger partial charge is 0.172 e. The fourth-order valence-electron chi connectivity index (χ4n) is 1.77. The van der Waals surface area contributed by atoms with Crippen LogP contribution in [0.4, 0.5) is 11.6 Å². The second-order valence-corrected chi connectivity index (χ2v) is 4.23. The summed E-state index contributed by atoms with van der Waals surface area (Å²) in [4.78, 5) is 10.8. The van der Waals surface area contributed by atoms with E-state index in [1.54, 1.807) is 0 Å². The summed E-state index contributed by atoms with van der Waals surface area (Å²) >= 11 is 0. The Morgan fingerprint density at radius 3 is 2.47 bits per heavy atom. The Morgan fingerprint density at radius 2 is 1.88 bits per heavy atom. The van der Waals surface area contributed by atoms with Gasteiger partial charge in [-0.2, -0.15) is 0 Å². The minimum Gasteiger partial charge on any atom is -0.381 e. The van der Waals surface area contributed by atoms with Gasteiger partial charge in [-0.1, -0.05) is 24.3 Å². The molecule has 0 saturated carbocycles. The van der Waals surface area contributed by atoms with Crippen LogP contribution in [0.15, 0.2) is 36.4 Å². The molecule has 1 aromatic heterocycles. The summed E-state index contributed by atoms with van der Waals surface area (Å²) in [5.74, 6) is 1.15. The normalized spacial score (nSPS) is 10.5. The summed E-state index contributed by atoms with van der Waals surface area (Å²) in [5.41, 5.74) is 8.64. The molecule has 2 rings (SSSR count). The Hall–Kier alpha value is -2.10. The van der Waals surface area contributed by atoms with Crippen molar-refractivity contribution in [2.75, 3.05) is 24.2 Å². The van der Waals surface area contributed by atoms with Crippen molar-refractivity contribution >= 4 is 22.7 Å². The topological polar surface area (TPSA) is 55.0 Å². The monoisotopic (exact) mass is 228 g/mol. The van der Waals surface area contributed by atoms with Gasteiger partial charge in [0.2, 0.25) is 0 Å². The average Bonchev–Trinajstić information content (AvgIpc) is 2.27. The van der Waals surface area contributed by atoms with Gasteiger partial charge in [-0.15, -0.1) is 0 Å². The Kier molecular flexibility index (Phi) is 2.95. The number of hydrogen-bond acceptors (Lipinski definition) is 4. The van der Waals surface area contributed by atoms with E-state index in [9.17, 15) is 0 Å². The number of nitrogen functional groups attached to an aromatic ring is 1. The molecule has 4 heteroatoms. The van der Waals surface area contributed by atoms with Crippen molar-refractivity contribution in [1.29, 1.82) is 0 Å². The van der Waals surface area contributed by atoms with Gasteiger partial charge in [0.15, 0.2) is 11.6 Å². The first-order valence-corrected chi connectivity index (χ1v) is 5.45. The fourth-order valence-corrected chi connectivity index (χ4v) is 1.77. The Bertz CT molecular complexity index is 562. The first-order valence-electron chi connectivity index (χ1n) is 5.45. The molecule has 2 aromatic rings. The first-order chi connectivity index (χ1) is 8.08. The summed E-state index contributed by atoms with van der Waals surface area (Å²) in [6.07, 6.45) is 0. The van der Waals surface area contributed by atoms with Crippen LogP contribution >= 0.6 is 0 Å². The molecule has 0 aliphatic carbocycles. The van der Waals surface area contributed by atoms with E-state index in [1.807, 2.05) is 43.1 Å². The van der Waals surface area contributed by atoms with Crippen LogP contribution in [0.5, 0.6) is 0 Å². The van der Waals surface area contributed by atoms with Crippen LogP contribution in [0.2, 0.25) is 0 Å². The van der Waals surface area contributed by atoms with Crippen LogP contribution in [0.1, 0.15) is 6.92 Å². The molecule has 0 saturated heterocycles. The molecule has 0 bridgehead atoms. The molecule has 0 aliphatic rings. The van der Waals surface area contributed by atoms with Gasteiger partial charge in [-0.25, -0.2) is 9.97 Å². The van der Waals surface area contributed by atoms with Crippen LogP contribution in [0.3, 0.4) is 0 Å². The van der Waals surface area contributed by atoms with E-state index in [2.05, 4.69) is 16.5 Å². The molecule has 1 aromatic carbocycles. The summed E-state index contributed by atoms with van der Waals surface area (Å²) in [6, 6.07) is 7.70. The third kappa shape index (κ3) is 2.36. The molecular weight excluding hydrogens is 212 g/mol. The van der Waals surface area contributed by atoms with E-state index in [4.69, 9.17) is 5.73 Å². The van der Waals surface area contributed by atoms with Gasteiger partial charge in [0.05, 0.1) is 11.0 Å². The highest BCUT2D eigenvalue weighted by molar-refractivity contribution is 5.79. The van der Waals surface area contributed by atoms with Crippen molar-refractivity contribution in [3.63, 3.8) is 0 Å². The third-order valence-corrected chi connectivity index (χ3v) is 2.45. The summed E-state index contributed by atoms with van der Waals surface area (Å²) in [6.45, 7) is 6.57. The summed E-state index contributed by atoms with van der Waals surface area (Å²) in [5, 5.41) is 0. The van der Waals surface area contributed by atoms with Gasteiger partial charge >= 0.3 is 0 Å². The lowest BCUT2D eigenvalue weighted by Gasteiger charge is -2.19. The number of anilines is 2. The first kappa shape index (κ1) is 11.4. The van der Waals surface area contributed by atoms with Crippen LogP contribution < -0.4 is 10.6 Å². The molecule has 4 nitrogen and oxygen atoms in total. The largest absolute Gasteiger partial charge is 0.381 e. The van der Waals surface area contributed by atoms with Gasteiger partial charge in [0, 0.05) is 13.6 Å². The SMILES string of the molecule is C=C(C)CN(C)c1nc2ccccc2nc1N. The molecule has 2 N–H and O–H groups in total. The van der Waals surface area contributed by atoms with Crippen LogP contribution in [0.25, 0.3) is 11.0 Å². The van der Waals surface area contributed by atoms with Crippen molar-refractivity contribution in [3.8, 4) is 0 Å². The molecule has 0 radical (unpaired) electrons. The molecular formula is C13H16N4. The molecule has 0 aliphatic heterocycles. The quantitative estimate of drug-likeness (QED) is 0.818. The Labute approximate surface area is 101 Å². The molecule has 0 unspecified atom stereocenters. The highest BCUT2D eigenvalue weighted by Gasteiger charge is 2.10. The van der Waals surface area contributed by atoms with E-state index < -0.39 is 0 Å². The van der Waals surface area contributed by atoms with Crippen molar-refractivity contribution < 1.29 is 0 Å². The minimum absolute atomic E-state index is 0.451. The minimum atomic E-state index is 0.451. The predicted molar refractivity (Wildman–Crippen MR) is 72.0 cm³/mol. The zero-order valence-corrected chi connectivity index (χ0v) is 10.1. The number of nitrogens with two attached hydrogens (primary N) is 1. The van der Waals surface area contributed by atoms with Crippen LogP contribution in [-0.2, 0) is 0 Å². The predicted octanol–water partition coefficient (Wildman–Crippen LogP) is 2.22. The van der Waals surface area contributed by atoms with Gasteiger partial charge in [-0.3, -0.25) is 0 Å². The van der Waals surface area contributed by atoms with E-state index in [0.717, 1.165) is 23.2 Å². The van der Waals surface area contributed by atoms with Crippen LogP contribution in [-0.4, -0.2) is 23.6 Å². The lowest BCUT2D eigenvalue weighted by Crippen LogP contribution is -2.22. The number of nitrogens with zero attached hydrogens (tertiary/aromatic N) is 3. The highest BCUT2D eigenvalue weighted by atomic mass is 15.2. The summed E-state index contributed by atoms with van der Waals surface area (Å²) in [7, 11) is 1.93. The van der Waals surface area contributed by atoms with Gasteiger partial charge < -0.3 is 10.6 Å². The van der Waals surface area contributed by atoms with Crippen LogP contribution in [0, 0.1) is 0 Å². The molecule has 17 heavy (non-hydrogen) atoms. The maximum Gasteiger partial charge on any atom is 0.172 e. The molecule has 88 valence electrons. The number of aromatic nitrogens is 2. The number of rotatable bonds is 3. The van der Waals surface area contributed by atoms with Crippen molar-refractivity contribution in [2.45, 2.75) is 6.92 Å². The van der Waals surface area contributed by atoms with Crippen molar-refractivity contribution in [3.05, 3.63) is 36.4 Å². The van der Waals surface area contributed by atoms with Crippen molar-refractivity contribution in [2.24, 2.45) is 0 Å². The van der Waals surface area contributed by atoms with E-state index in [-0.39, 0.29) is 0 Å². The lowest BCUT2D eigenvalue weighted by molar-refractivity contribution is 0.957. The van der Waals surface area contributed by atoms with Gasteiger partial charge in [0.25, 0.3) is 0 Å². The maximum absolute atomic E-state index is 5.92. The molecule has 0 amide bonds. The van der Waals surface area contributed by atoms with E-state index in [1.165, 1.54) is 0 Å². The standard InChI is InChI=1S/C13H16N4/c1-9(2)8-17(3)13-12(14)15-10-6-4-5-7-11(10)16-13/h4-7H,1,8H2,2-3H3,(H2,14,15). The number of benzene rings is 1. The number of fused-ring (bicyclic) bond motifs is 1. The van der Waals surface area contributed by atoms with Gasteiger partial charge in [0.1, 0.15) is 0 Å². The summed E-state index contributed by atoms with van der Waals surface area (Å²) < 4.78 is 0. The number of hydrogen-bond donors (Lipinski definition) is 1. The Morgan fingerprint density at radius 1 is 1.29 bits per heavy atom. The van der Waals surface area contributed by atoms with E-state index >= 15 is 0 Å². The molecule has 0 spiro atoms. The number of para-hydroxylation sites is 2. The second-order valence-electron chi connectivity index (χ2n) is 4.23. The zero-order valence-electron chi connectivity index (χ0n) is 10.1. The maximum atomic E-state index is 5.92. The van der Waals surface area contributed by atoms with Gasteiger partial charge in [-0.05, 0) is 19.1 Å². The zero-order chi connectivity index (χ0) is 12.4. The molecule has 0 atom stereocenters. The average molecular weight is 228 g/mol. The third-order valence-electron chi connectivity index (χ3n) is 2.45. The van der Waals surface area contributed by atoms with Crippen molar-refractivity contribution in [1.82, 2.24) is 9.97 Å². The fraction of sp³-hybridized carbons (Fsp3) is 0.231. The van der Waals surface area contributed by atoms with E-state index in [0.29, 0.717) is 11.6 Å². The lowest BCUT2D eigenvalue weighted by atomic mass is 10.3. The number of likely N-dealkylation sites (N-methyl/N-ethyl adjacent to an activating group) is 1.